The summed E-state index contributed by atoms with van der Waals surface area (Å²) in [6, 6.07) is -0.276. The SMILES string of the molecule is COCCCNC(=O)C(C)NCC(C)O. The molecule has 2 atom stereocenters. The van der Waals surface area contributed by atoms with Gasteiger partial charge in [-0.3, -0.25) is 4.79 Å². The van der Waals surface area contributed by atoms with Gasteiger partial charge >= 0.3 is 0 Å². The molecule has 1 amide bonds. The van der Waals surface area contributed by atoms with Gasteiger partial charge in [-0.05, 0) is 20.3 Å². The quantitative estimate of drug-likeness (QED) is 0.480. The maximum atomic E-state index is 11.4. The van der Waals surface area contributed by atoms with E-state index < -0.39 is 6.10 Å². The highest BCUT2D eigenvalue weighted by molar-refractivity contribution is 5.81. The van der Waals surface area contributed by atoms with Crippen LogP contribution in [-0.2, 0) is 9.53 Å². The first-order valence-electron chi connectivity index (χ1n) is 5.26. The number of nitrogens with one attached hydrogen (secondary N) is 2. The third-order valence-corrected chi connectivity index (χ3v) is 1.94. The lowest BCUT2D eigenvalue weighted by molar-refractivity contribution is -0.122. The summed E-state index contributed by atoms with van der Waals surface area (Å²) >= 11 is 0. The monoisotopic (exact) mass is 218 g/mol. The summed E-state index contributed by atoms with van der Waals surface area (Å²) in [4.78, 5) is 11.4. The highest BCUT2D eigenvalue weighted by atomic mass is 16.5. The summed E-state index contributed by atoms with van der Waals surface area (Å²) in [5, 5.41) is 14.7. The third kappa shape index (κ3) is 8.35. The molecule has 0 spiro atoms. The van der Waals surface area contributed by atoms with Crippen LogP contribution in [0, 0.1) is 0 Å². The highest BCUT2D eigenvalue weighted by Gasteiger charge is 2.11. The van der Waals surface area contributed by atoms with E-state index in [1.54, 1.807) is 21.0 Å². The fraction of sp³-hybridized carbons (Fsp3) is 0.900. The van der Waals surface area contributed by atoms with Crippen LogP contribution in [0.4, 0.5) is 0 Å². The number of carbonyl (C=O) groups excluding carboxylic acids is 1. The molecule has 0 aromatic carbocycles. The normalized spacial score (nSPS) is 14.7. The van der Waals surface area contributed by atoms with Crippen molar-refractivity contribution in [1.82, 2.24) is 10.6 Å². The van der Waals surface area contributed by atoms with Crippen LogP contribution in [0.3, 0.4) is 0 Å². The van der Waals surface area contributed by atoms with Gasteiger partial charge in [-0.1, -0.05) is 0 Å². The predicted molar refractivity (Wildman–Crippen MR) is 58.6 cm³/mol. The number of ether oxygens (including phenoxy) is 1. The number of methoxy groups -OCH3 is 1. The van der Waals surface area contributed by atoms with Gasteiger partial charge in [-0.15, -0.1) is 0 Å². The second kappa shape index (κ2) is 8.64. The lowest BCUT2D eigenvalue weighted by Crippen LogP contribution is -2.44. The Morgan fingerprint density at radius 2 is 2.13 bits per heavy atom. The van der Waals surface area contributed by atoms with E-state index in [1.165, 1.54) is 0 Å². The molecule has 0 saturated heterocycles. The molecular weight excluding hydrogens is 196 g/mol. The molecule has 15 heavy (non-hydrogen) atoms. The number of amides is 1. The van der Waals surface area contributed by atoms with Gasteiger partial charge in [0, 0.05) is 26.8 Å². The molecule has 0 aliphatic carbocycles. The maximum Gasteiger partial charge on any atom is 0.236 e. The Morgan fingerprint density at radius 1 is 1.47 bits per heavy atom. The molecule has 90 valence electrons. The van der Waals surface area contributed by atoms with Gasteiger partial charge < -0.3 is 20.5 Å². The molecule has 0 aliphatic heterocycles. The van der Waals surface area contributed by atoms with Crippen LogP contribution in [0.25, 0.3) is 0 Å². The summed E-state index contributed by atoms with van der Waals surface area (Å²) in [6.45, 7) is 5.14. The Labute approximate surface area is 91.2 Å². The number of carbonyl (C=O) groups is 1. The molecule has 5 nitrogen and oxygen atoms in total. The van der Waals surface area contributed by atoms with Crippen LogP contribution in [0.2, 0.25) is 0 Å². The zero-order valence-electron chi connectivity index (χ0n) is 9.75. The molecule has 0 radical (unpaired) electrons. The van der Waals surface area contributed by atoms with Crippen LogP contribution in [0.5, 0.6) is 0 Å². The van der Waals surface area contributed by atoms with Crippen molar-refractivity contribution < 1.29 is 14.6 Å². The van der Waals surface area contributed by atoms with Gasteiger partial charge in [0.15, 0.2) is 0 Å². The molecule has 0 bridgehead atoms. The second-order valence-corrected chi connectivity index (χ2v) is 3.62. The van der Waals surface area contributed by atoms with Crippen molar-refractivity contribution in [2.45, 2.75) is 32.4 Å². The maximum absolute atomic E-state index is 11.4. The molecule has 2 unspecified atom stereocenters. The van der Waals surface area contributed by atoms with Gasteiger partial charge in [0.25, 0.3) is 0 Å². The first kappa shape index (κ1) is 14.3. The molecule has 0 saturated carbocycles. The van der Waals surface area contributed by atoms with E-state index >= 15 is 0 Å². The zero-order chi connectivity index (χ0) is 11.7. The number of rotatable bonds is 8. The van der Waals surface area contributed by atoms with Crippen molar-refractivity contribution in [3.05, 3.63) is 0 Å². The first-order valence-corrected chi connectivity index (χ1v) is 5.26. The summed E-state index contributed by atoms with van der Waals surface area (Å²) in [6.07, 6.45) is 0.375. The van der Waals surface area contributed by atoms with Gasteiger partial charge in [0.1, 0.15) is 0 Å². The van der Waals surface area contributed by atoms with E-state index in [4.69, 9.17) is 9.84 Å². The number of hydrogen-bond acceptors (Lipinski definition) is 4. The number of aliphatic hydroxyl groups excluding tert-OH is 1. The minimum Gasteiger partial charge on any atom is -0.392 e. The Hall–Kier alpha value is -0.650. The minimum atomic E-state index is -0.436. The predicted octanol–water partition coefficient (Wildman–Crippen LogP) is -0.502. The fourth-order valence-electron chi connectivity index (χ4n) is 1.02. The molecule has 5 heteroatoms. The summed E-state index contributed by atoms with van der Waals surface area (Å²) in [5.74, 6) is -0.0493. The highest BCUT2D eigenvalue weighted by Crippen LogP contribution is 1.85. The van der Waals surface area contributed by atoms with Crippen molar-refractivity contribution in [3.63, 3.8) is 0 Å². The first-order chi connectivity index (χ1) is 7.07. The molecule has 0 aromatic heterocycles. The van der Waals surface area contributed by atoms with Gasteiger partial charge in [-0.2, -0.15) is 0 Å². The number of hydrogen-bond donors (Lipinski definition) is 3. The van der Waals surface area contributed by atoms with Crippen molar-refractivity contribution in [2.75, 3.05) is 26.8 Å². The zero-order valence-corrected chi connectivity index (χ0v) is 9.75. The Bertz CT molecular complexity index is 174. The van der Waals surface area contributed by atoms with E-state index in [-0.39, 0.29) is 11.9 Å². The molecule has 3 N–H and O–H groups in total. The van der Waals surface area contributed by atoms with Crippen molar-refractivity contribution >= 4 is 5.91 Å². The molecule has 0 aromatic rings. The van der Waals surface area contributed by atoms with E-state index in [0.717, 1.165) is 6.42 Å². The largest absolute Gasteiger partial charge is 0.392 e. The minimum absolute atomic E-state index is 0.0493. The summed E-state index contributed by atoms with van der Waals surface area (Å²) < 4.78 is 4.86. The van der Waals surface area contributed by atoms with E-state index in [1.807, 2.05) is 0 Å². The molecule has 0 fully saturated rings. The lowest BCUT2D eigenvalue weighted by atomic mass is 10.3. The van der Waals surface area contributed by atoms with Crippen molar-refractivity contribution in [3.8, 4) is 0 Å². The lowest BCUT2D eigenvalue weighted by Gasteiger charge is -2.14. The molecule has 0 rings (SSSR count). The topological polar surface area (TPSA) is 70.6 Å². The van der Waals surface area contributed by atoms with E-state index in [2.05, 4.69) is 10.6 Å². The average molecular weight is 218 g/mol. The van der Waals surface area contributed by atoms with Crippen molar-refractivity contribution in [1.29, 1.82) is 0 Å². The summed E-state index contributed by atoms with van der Waals surface area (Å²) in [5.41, 5.74) is 0. The fourth-order valence-corrected chi connectivity index (χ4v) is 1.02. The molecule has 0 heterocycles. The summed E-state index contributed by atoms with van der Waals surface area (Å²) in [7, 11) is 1.63. The van der Waals surface area contributed by atoms with E-state index in [9.17, 15) is 4.79 Å². The smallest absolute Gasteiger partial charge is 0.236 e. The van der Waals surface area contributed by atoms with Crippen LogP contribution >= 0.6 is 0 Å². The van der Waals surface area contributed by atoms with Crippen LogP contribution < -0.4 is 10.6 Å². The standard InChI is InChI=1S/C10H22N2O3/c1-8(13)7-12-9(2)10(14)11-5-4-6-15-3/h8-9,12-13H,4-7H2,1-3H3,(H,11,14). The van der Waals surface area contributed by atoms with Gasteiger partial charge in [0.2, 0.25) is 5.91 Å². The van der Waals surface area contributed by atoms with Crippen LogP contribution in [0.1, 0.15) is 20.3 Å². The van der Waals surface area contributed by atoms with Crippen LogP contribution in [0.15, 0.2) is 0 Å². The third-order valence-electron chi connectivity index (χ3n) is 1.94. The Kier molecular flexibility index (Phi) is 8.27. The Morgan fingerprint density at radius 3 is 2.67 bits per heavy atom. The average Bonchev–Trinajstić information content (AvgIpc) is 2.20. The second-order valence-electron chi connectivity index (χ2n) is 3.62. The Balaban J connectivity index is 3.51. The molecular formula is C10H22N2O3. The van der Waals surface area contributed by atoms with Crippen LogP contribution in [-0.4, -0.2) is 50.0 Å². The molecule has 0 aliphatic rings. The van der Waals surface area contributed by atoms with Crippen molar-refractivity contribution in [2.24, 2.45) is 0 Å². The number of aliphatic hydroxyl groups is 1. The van der Waals surface area contributed by atoms with Gasteiger partial charge in [0.05, 0.1) is 12.1 Å². The van der Waals surface area contributed by atoms with Gasteiger partial charge in [-0.25, -0.2) is 0 Å². The van der Waals surface area contributed by atoms with E-state index in [0.29, 0.717) is 19.7 Å².